The van der Waals surface area contributed by atoms with Crippen LogP contribution >= 0.6 is 0 Å². The van der Waals surface area contributed by atoms with Crippen molar-refractivity contribution >= 4 is 23.2 Å². The Bertz CT molecular complexity index is 475. The first-order chi connectivity index (χ1) is 9.13. The van der Waals surface area contributed by atoms with Crippen molar-refractivity contribution in [3.63, 3.8) is 0 Å². The van der Waals surface area contributed by atoms with Crippen LogP contribution in [0.5, 0.6) is 0 Å². The Morgan fingerprint density at radius 1 is 1.47 bits per heavy atom. The molecule has 1 aromatic carbocycles. The number of rotatable bonds is 4. The number of nitrogens with two attached hydrogens (primary N) is 1. The second kappa shape index (κ2) is 6.19. The first-order valence-corrected chi connectivity index (χ1v) is 6.28. The number of nitrogen functional groups attached to an aromatic ring is 1. The van der Waals surface area contributed by atoms with E-state index in [1.165, 1.54) is 0 Å². The monoisotopic (exact) mass is 262 g/mol. The zero-order valence-corrected chi connectivity index (χ0v) is 10.7. The minimum atomic E-state index is -0.0726. The van der Waals surface area contributed by atoms with E-state index >= 15 is 0 Å². The molecule has 1 heterocycles. The fourth-order valence-electron chi connectivity index (χ4n) is 1.98. The fraction of sp³-hybridized carbons (Fsp3) is 0.385. The Hall–Kier alpha value is -2.08. The Labute approximate surface area is 112 Å². The van der Waals surface area contributed by atoms with Gasteiger partial charge in [-0.3, -0.25) is 14.5 Å². The molecule has 1 fully saturated rings. The van der Waals surface area contributed by atoms with E-state index < -0.39 is 0 Å². The van der Waals surface area contributed by atoms with Crippen molar-refractivity contribution in [2.24, 2.45) is 0 Å². The summed E-state index contributed by atoms with van der Waals surface area (Å²) in [5.41, 5.74) is 6.95. The molecule has 0 unspecified atom stereocenters. The van der Waals surface area contributed by atoms with Gasteiger partial charge in [-0.15, -0.1) is 0 Å². The van der Waals surface area contributed by atoms with Crippen molar-refractivity contribution in [3.05, 3.63) is 24.3 Å². The molecule has 0 aliphatic carbocycles. The second-order valence-electron chi connectivity index (χ2n) is 4.55. The quantitative estimate of drug-likeness (QED) is 0.668. The lowest BCUT2D eigenvalue weighted by atomic mass is 10.2. The third kappa shape index (κ3) is 4.26. The number of benzene rings is 1. The summed E-state index contributed by atoms with van der Waals surface area (Å²) in [6, 6.07) is 7.07. The lowest BCUT2D eigenvalue weighted by Crippen LogP contribution is -2.48. The zero-order valence-electron chi connectivity index (χ0n) is 10.7. The molecule has 6 heteroatoms. The van der Waals surface area contributed by atoms with Crippen LogP contribution in [0.15, 0.2) is 24.3 Å². The molecule has 0 atom stereocenters. The molecule has 1 aliphatic rings. The van der Waals surface area contributed by atoms with Gasteiger partial charge in [-0.1, -0.05) is 6.07 Å². The van der Waals surface area contributed by atoms with Crippen molar-refractivity contribution in [3.8, 4) is 0 Å². The molecule has 6 nitrogen and oxygen atoms in total. The van der Waals surface area contributed by atoms with E-state index in [9.17, 15) is 9.59 Å². The van der Waals surface area contributed by atoms with Crippen LogP contribution < -0.4 is 16.4 Å². The van der Waals surface area contributed by atoms with Crippen LogP contribution in [-0.4, -0.2) is 42.9 Å². The summed E-state index contributed by atoms with van der Waals surface area (Å²) >= 11 is 0. The van der Waals surface area contributed by atoms with Crippen LogP contribution in [0.25, 0.3) is 0 Å². The Morgan fingerprint density at radius 3 is 3.05 bits per heavy atom. The minimum absolute atomic E-state index is 0.0162. The summed E-state index contributed by atoms with van der Waals surface area (Å²) in [4.78, 5) is 24.9. The third-order valence-corrected chi connectivity index (χ3v) is 2.94. The lowest BCUT2D eigenvalue weighted by molar-refractivity contribution is -0.125. The number of carbonyl (C=O) groups excluding carboxylic acids is 2. The summed E-state index contributed by atoms with van der Waals surface area (Å²) in [7, 11) is 0. The van der Waals surface area contributed by atoms with Gasteiger partial charge in [-0.05, 0) is 18.2 Å². The fourth-order valence-corrected chi connectivity index (χ4v) is 1.98. The normalized spacial score (nSPS) is 15.9. The topological polar surface area (TPSA) is 87.5 Å². The molecule has 1 aliphatic heterocycles. The number of nitrogens with one attached hydrogen (secondary N) is 2. The summed E-state index contributed by atoms with van der Waals surface area (Å²) < 4.78 is 0. The van der Waals surface area contributed by atoms with Crippen LogP contribution in [0.2, 0.25) is 0 Å². The third-order valence-electron chi connectivity index (χ3n) is 2.94. The van der Waals surface area contributed by atoms with Gasteiger partial charge < -0.3 is 16.4 Å². The molecule has 102 valence electrons. The predicted molar refractivity (Wildman–Crippen MR) is 73.6 cm³/mol. The van der Waals surface area contributed by atoms with Gasteiger partial charge in [0.25, 0.3) is 0 Å². The first kappa shape index (κ1) is 13.4. The number of carbonyl (C=O) groups is 2. The maximum Gasteiger partial charge on any atom is 0.234 e. The van der Waals surface area contributed by atoms with Crippen molar-refractivity contribution in [2.45, 2.75) is 6.42 Å². The van der Waals surface area contributed by atoms with E-state index in [1.54, 1.807) is 24.3 Å². The van der Waals surface area contributed by atoms with E-state index in [-0.39, 0.29) is 11.8 Å². The smallest absolute Gasteiger partial charge is 0.234 e. The average Bonchev–Trinajstić information content (AvgIpc) is 2.36. The van der Waals surface area contributed by atoms with E-state index in [2.05, 4.69) is 10.6 Å². The van der Waals surface area contributed by atoms with Crippen molar-refractivity contribution < 1.29 is 9.59 Å². The second-order valence-corrected chi connectivity index (χ2v) is 4.55. The highest BCUT2D eigenvalue weighted by Crippen LogP contribution is 2.12. The standard InChI is InChI=1S/C13H18N4O2/c14-10-2-1-3-11(8-10)16-12(18)4-6-17-7-5-15-13(19)9-17/h1-3,8H,4-7,9,14H2,(H,15,19)(H,16,18). The highest BCUT2D eigenvalue weighted by Gasteiger charge is 2.16. The van der Waals surface area contributed by atoms with Gasteiger partial charge in [0.1, 0.15) is 0 Å². The maximum absolute atomic E-state index is 11.8. The molecule has 19 heavy (non-hydrogen) atoms. The molecule has 0 bridgehead atoms. The number of piperazine rings is 1. The molecule has 0 aromatic heterocycles. The number of hydrogen-bond donors (Lipinski definition) is 3. The number of anilines is 2. The molecule has 1 saturated heterocycles. The number of amides is 2. The molecule has 0 spiro atoms. The van der Waals surface area contributed by atoms with Gasteiger partial charge in [0.05, 0.1) is 6.54 Å². The molecule has 0 saturated carbocycles. The largest absolute Gasteiger partial charge is 0.399 e. The van der Waals surface area contributed by atoms with Gasteiger partial charge in [-0.25, -0.2) is 0 Å². The van der Waals surface area contributed by atoms with E-state index in [0.717, 1.165) is 6.54 Å². The highest BCUT2D eigenvalue weighted by molar-refractivity contribution is 5.91. The van der Waals surface area contributed by atoms with Crippen LogP contribution in [0.1, 0.15) is 6.42 Å². The van der Waals surface area contributed by atoms with Crippen LogP contribution in [-0.2, 0) is 9.59 Å². The summed E-state index contributed by atoms with van der Waals surface area (Å²) in [5, 5.41) is 5.54. The van der Waals surface area contributed by atoms with Crippen LogP contribution in [0, 0.1) is 0 Å². The maximum atomic E-state index is 11.8. The summed E-state index contributed by atoms with van der Waals surface area (Å²) in [5.74, 6) is -0.0564. The van der Waals surface area contributed by atoms with Crippen LogP contribution in [0.3, 0.4) is 0 Å². The van der Waals surface area contributed by atoms with E-state index in [4.69, 9.17) is 5.73 Å². The van der Waals surface area contributed by atoms with Gasteiger partial charge in [0.15, 0.2) is 0 Å². The zero-order chi connectivity index (χ0) is 13.7. The van der Waals surface area contributed by atoms with Crippen LogP contribution in [0.4, 0.5) is 11.4 Å². The van der Waals surface area contributed by atoms with Crippen molar-refractivity contribution in [2.75, 3.05) is 37.2 Å². The predicted octanol–water partition coefficient (Wildman–Crippen LogP) is 0.0292. The van der Waals surface area contributed by atoms with E-state index in [0.29, 0.717) is 37.4 Å². The molecule has 4 N–H and O–H groups in total. The first-order valence-electron chi connectivity index (χ1n) is 6.28. The molecule has 1 aromatic rings. The molecular formula is C13H18N4O2. The van der Waals surface area contributed by atoms with Gasteiger partial charge in [-0.2, -0.15) is 0 Å². The molecule has 2 amide bonds. The van der Waals surface area contributed by atoms with Gasteiger partial charge in [0, 0.05) is 37.4 Å². The Morgan fingerprint density at radius 2 is 2.32 bits per heavy atom. The Kier molecular flexibility index (Phi) is 4.35. The molecule has 2 rings (SSSR count). The van der Waals surface area contributed by atoms with E-state index in [1.807, 2.05) is 4.90 Å². The summed E-state index contributed by atoms with van der Waals surface area (Å²) in [6.07, 6.45) is 0.363. The van der Waals surface area contributed by atoms with Gasteiger partial charge in [0.2, 0.25) is 11.8 Å². The molecular weight excluding hydrogens is 244 g/mol. The average molecular weight is 262 g/mol. The van der Waals surface area contributed by atoms with Crippen molar-refractivity contribution in [1.29, 1.82) is 0 Å². The Balaban J connectivity index is 1.77. The highest BCUT2D eigenvalue weighted by atomic mass is 16.2. The number of nitrogens with zero attached hydrogens (tertiary/aromatic N) is 1. The van der Waals surface area contributed by atoms with Crippen molar-refractivity contribution in [1.82, 2.24) is 10.2 Å². The minimum Gasteiger partial charge on any atom is -0.399 e. The molecule has 0 radical (unpaired) electrons. The lowest BCUT2D eigenvalue weighted by Gasteiger charge is -2.25. The van der Waals surface area contributed by atoms with Gasteiger partial charge >= 0.3 is 0 Å². The number of hydrogen-bond acceptors (Lipinski definition) is 4. The SMILES string of the molecule is Nc1cccc(NC(=O)CCN2CCNC(=O)C2)c1. The summed E-state index contributed by atoms with van der Waals surface area (Å²) in [6.45, 7) is 2.39.